The van der Waals surface area contributed by atoms with Gasteiger partial charge in [0.15, 0.2) is 0 Å². The van der Waals surface area contributed by atoms with Crippen LogP contribution < -0.4 is 4.74 Å². The van der Waals surface area contributed by atoms with Crippen molar-refractivity contribution in [1.82, 2.24) is 5.01 Å². The van der Waals surface area contributed by atoms with Gasteiger partial charge in [-0.25, -0.2) is 5.01 Å². The van der Waals surface area contributed by atoms with Crippen LogP contribution in [-0.2, 0) is 0 Å². The summed E-state index contributed by atoms with van der Waals surface area (Å²) in [6, 6.07) is 23.0. The number of ketones is 1. The Kier molecular flexibility index (Phi) is 4.36. The Labute approximate surface area is 174 Å². The minimum atomic E-state index is -0.806. The number of aryl methyl sites for hydroxylation is 1. The van der Waals surface area contributed by atoms with E-state index in [1.54, 1.807) is 24.3 Å². The third-order valence-corrected chi connectivity index (χ3v) is 5.69. The Hall–Kier alpha value is -3.11. The standard InChI is InChI=1S/C24H19ClN2O2/c1-15-6-8-16(9-7-15)20-14-21-19-4-2-3-5-22(19)29-24(27(21)26-20)23(28)17-10-12-18(25)13-11-17/h2-13,21,24H,14H2,1H3. The number of nitrogens with zero attached hydrogens (tertiary/aromatic N) is 2. The van der Waals surface area contributed by atoms with Crippen molar-refractivity contribution in [3.05, 3.63) is 100 Å². The van der Waals surface area contributed by atoms with Crippen molar-refractivity contribution >= 4 is 23.1 Å². The Morgan fingerprint density at radius 3 is 2.52 bits per heavy atom. The first-order chi connectivity index (χ1) is 14.1. The quantitative estimate of drug-likeness (QED) is 0.551. The number of hydrogen-bond acceptors (Lipinski definition) is 4. The fourth-order valence-electron chi connectivity index (χ4n) is 3.88. The summed E-state index contributed by atoms with van der Waals surface area (Å²) in [7, 11) is 0. The molecule has 2 heterocycles. The molecule has 0 N–H and O–H groups in total. The summed E-state index contributed by atoms with van der Waals surface area (Å²) in [5.41, 5.74) is 4.84. The number of benzene rings is 3. The SMILES string of the molecule is Cc1ccc(C2=NN3C(C(=O)c4ccc(Cl)cc4)Oc4ccccc4C3C2)cc1. The van der Waals surface area contributed by atoms with Gasteiger partial charge in [0, 0.05) is 22.6 Å². The van der Waals surface area contributed by atoms with E-state index in [-0.39, 0.29) is 11.8 Å². The van der Waals surface area contributed by atoms with Crippen LogP contribution in [0.25, 0.3) is 0 Å². The van der Waals surface area contributed by atoms with Crippen molar-refractivity contribution < 1.29 is 9.53 Å². The molecule has 4 nitrogen and oxygen atoms in total. The van der Waals surface area contributed by atoms with E-state index in [0.29, 0.717) is 10.6 Å². The number of carbonyl (C=O) groups excluding carboxylic acids is 1. The lowest BCUT2D eigenvalue weighted by Gasteiger charge is -2.37. The predicted octanol–water partition coefficient (Wildman–Crippen LogP) is 5.40. The molecule has 0 aromatic heterocycles. The third kappa shape index (κ3) is 3.19. The van der Waals surface area contributed by atoms with Crippen molar-refractivity contribution in [2.75, 3.05) is 0 Å². The van der Waals surface area contributed by atoms with E-state index in [1.165, 1.54) is 5.56 Å². The van der Waals surface area contributed by atoms with Crippen LogP contribution in [0.2, 0.25) is 5.02 Å². The average molecular weight is 403 g/mol. The molecule has 0 spiro atoms. The van der Waals surface area contributed by atoms with Crippen LogP contribution in [0.3, 0.4) is 0 Å². The van der Waals surface area contributed by atoms with Gasteiger partial charge in [-0.05, 0) is 42.8 Å². The van der Waals surface area contributed by atoms with Gasteiger partial charge >= 0.3 is 0 Å². The molecule has 0 bridgehead atoms. The van der Waals surface area contributed by atoms with Gasteiger partial charge in [0.05, 0.1) is 11.8 Å². The van der Waals surface area contributed by atoms with Gasteiger partial charge in [-0.3, -0.25) is 4.79 Å². The molecule has 2 atom stereocenters. The molecule has 3 aromatic carbocycles. The van der Waals surface area contributed by atoms with E-state index in [9.17, 15) is 4.79 Å². The first-order valence-electron chi connectivity index (χ1n) is 9.58. The smallest absolute Gasteiger partial charge is 0.251 e. The maximum atomic E-state index is 13.3. The Morgan fingerprint density at radius 2 is 1.76 bits per heavy atom. The van der Waals surface area contributed by atoms with Crippen molar-refractivity contribution in [2.24, 2.45) is 5.10 Å². The summed E-state index contributed by atoms with van der Waals surface area (Å²) < 4.78 is 6.13. The molecule has 2 aliphatic rings. The van der Waals surface area contributed by atoms with Gasteiger partial charge in [-0.1, -0.05) is 59.6 Å². The molecule has 0 saturated carbocycles. The molecular weight excluding hydrogens is 384 g/mol. The van der Waals surface area contributed by atoms with Gasteiger partial charge in [0.25, 0.3) is 6.23 Å². The largest absolute Gasteiger partial charge is 0.461 e. The molecule has 0 amide bonds. The molecule has 2 aliphatic heterocycles. The van der Waals surface area contributed by atoms with E-state index >= 15 is 0 Å². The number of hydrogen-bond donors (Lipinski definition) is 0. The summed E-state index contributed by atoms with van der Waals surface area (Å²) in [5, 5.41) is 7.24. The molecule has 5 heteroatoms. The van der Waals surface area contributed by atoms with Crippen LogP contribution in [0.4, 0.5) is 0 Å². The number of Topliss-reactive ketones (excluding diaryl/α,β-unsaturated/α-hetero) is 1. The van der Waals surface area contributed by atoms with Gasteiger partial charge in [0.2, 0.25) is 5.78 Å². The molecule has 0 fully saturated rings. The Balaban J connectivity index is 1.55. The topological polar surface area (TPSA) is 41.9 Å². The summed E-state index contributed by atoms with van der Waals surface area (Å²) >= 11 is 5.98. The molecule has 5 rings (SSSR count). The fraction of sp³-hybridized carbons (Fsp3) is 0.167. The highest BCUT2D eigenvalue weighted by atomic mass is 35.5. The van der Waals surface area contributed by atoms with Crippen molar-refractivity contribution in [1.29, 1.82) is 0 Å². The zero-order chi connectivity index (χ0) is 20.0. The first kappa shape index (κ1) is 18.0. The molecule has 0 radical (unpaired) electrons. The van der Waals surface area contributed by atoms with Gasteiger partial charge in [-0.15, -0.1) is 0 Å². The summed E-state index contributed by atoms with van der Waals surface area (Å²) in [6.07, 6.45) is -0.0765. The maximum absolute atomic E-state index is 13.3. The second-order valence-corrected chi connectivity index (χ2v) is 7.83. The van der Waals surface area contributed by atoms with Gasteiger partial charge in [-0.2, -0.15) is 5.10 Å². The van der Waals surface area contributed by atoms with Gasteiger partial charge in [0.1, 0.15) is 5.75 Å². The number of hydrazone groups is 1. The molecule has 2 unspecified atom stereocenters. The molecule has 3 aromatic rings. The predicted molar refractivity (Wildman–Crippen MR) is 114 cm³/mol. The molecule has 0 aliphatic carbocycles. The number of fused-ring (bicyclic) bond motifs is 3. The first-order valence-corrected chi connectivity index (χ1v) is 9.96. The van der Waals surface area contributed by atoms with Crippen molar-refractivity contribution in [3.63, 3.8) is 0 Å². The maximum Gasteiger partial charge on any atom is 0.251 e. The van der Waals surface area contributed by atoms with E-state index < -0.39 is 6.23 Å². The van der Waals surface area contributed by atoms with Crippen LogP contribution in [-0.4, -0.2) is 22.7 Å². The van der Waals surface area contributed by atoms with E-state index in [4.69, 9.17) is 21.4 Å². The third-order valence-electron chi connectivity index (χ3n) is 5.44. The van der Waals surface area contributed by atoms with Crippen molar-refractivity contribution in [3.8, 4) is 5.75 Å². The van der Waals surface area contributed by atoms with Crippen LogP contribution in [0.5, 0.6) is 5.75 Å². The Bertz CT molecular complexity index is 1110. The Morgan fingerprint density at radius 1 is 1.03 bits per heavy atom. The lowest BCUT2D eigenvalue weighted by Crippen LogP contribution is -2.45. The minimum Gasteiger partial charge on any atom is -0.461 e. The number of rotatable bonds is 3. The highest BCUT2D eigenvalue weighted by Gasteiger charge is 2.43. The molecule has 0 saturated heterocycles. The zero-order valence-corrected chi connectivity index (χ0v) is 16.6. The fourth-order valence-corrected chi connectivity index (χ4v) is 4.01. The summed E-state index contributed by atoms with van der Waals surface area (Å²) in [4.78, 5) is 13.3. The zero-order valence-electron chi connectivity index (χ0n) is 15.9. The molecular formula is C24H19ClN2O2. The van der Waals surface area contributed by atoms with Crippen LogP contribution in [0.1, 0.15) is 39.5 Å². The number of carbonyl (C=O) groups is 1. The highest BCUT2D eigenvalue weighted by molar-refractivity contribution is 6.30. The van der Waals surface area contributed by atoms with Crippen molar-refractivity contribution in [2.45, 2.75) is 25.6 Å². The number of para-hydroxylation sites is 1. The summed E-state index contributed by atoms with van der Waals surface area (Å²) in [5.74, 6) is 0.608. The average Bonchev–Trinajstić information content (AvgIpc) is 3.19. The lowest BCUT2D eigenvalue weighted by atomic mass is 9.95. The monoisotopic (exact) mass is 402 g/mol. The van der Waals surface area contributed by atoms with Gasteiger partial charge < -0.3 is 4.74 Å². The van der Waals surface area contributed by atoms with E-state index in [1.807, 2.05) is 29.3 Å². The lowest BCUT2D eigenvalue weighted by molar-refractivity contribution is -0.00455. The van der Waals surface area contributed by atoms with E-state index in [2.05, 4.69) is 31.2 Å². The second kappa shape index (κ2) is 7.05. The van der Waals surface area contributed by atoms with Crippen LogP contribution in [0, 0.1) is 6.92 Å². The van der Waals surface area contributed by atoms with Crippen LogP contribution in [0.15, 0.2) is 77.9 Å². The molecule has 29 heavy (non-hydrogen) atoms. The molecule has 144 valence electrons. The highest BCUT2D eigenvalue weighted by Crippen LogP contribution is 2.43. The number of halogens is 1. The normalized spacial score (nSPS) is 19.8. The second-order valence-electron chi connectivity index (χ2n) is 7.39. The minimum absolute atomic E-state index is 0.0301. The van der Waals surface area contributed by atoms with E-state index in [0.717, 1.165) is 29.0 Å². The van der Waals surface area contributed by atoms with Crippen LogP contribution >= 0.6 is 11.6 Å². The number of ether oxygens (including phenoxy) is 1. The summed E-state index contributed by atoms with van der Waals surface area (Å²) in [6.45, 7) is 2.06.